The number of hydrogen-bond acceptors (Lipinski definition) is 3. The van der Waals surface area contributed by atoms with E-state index in [0.29, 0.717) is 35.0 Å². The number of fused-ring (bicyclic) bond motifs is 7. The number of rotatable bonds is 1. The second kappa shape index (κ2) is 6.76. The Morgan fingerprint density at radius 1 is 0.781 bits per heavy atom. The van der Waals surface area contributed by atoms with Gasteiger partial charge in [0.25, 0.3) is 0 Å². The van der Waals surface area contributed by atoms with Gasteiger partial charge in [-0.05, 0) is 129 Å². The zero-order valence-electron chi connectivity index (χ0n) is 22.0. The fourth-order valence-electron chi connectivity index (χ4n) is 11.4. The number of hydrogen-bond donors (Lipinski definition) is 3. The molecule has 0 bridgehead atoms. The first-order chi connectivity index (χ1) is 14.6. The van der Waals surface area contributed by atoms with Gasteiger partial charge in [-0.25, -0.2) is 0 Å². The van der Waals surface area contributed by atoms with E-state index in [1.54, 1.807) is 0 Å². The van der Waals surface area contributed by atoms with Crippen LogP contribution < -0.4 is 5.73 Å². The number of aliphatic hydroxyl groups is 2. The number of nitrogens with two attached hydrogens (primary N) is 1. The summed E-state index contributed by atoms with van der Waals surface area (Å²) in [5.74, 6) is 2.68. The van der Waals surface area contributed by atoms with Crippen LogP contribution in [0.4, 0.5) is 0 Å². The lowest BCUT2D eigenvalue weighted by Crippen LogP contribution is -2.73. The Morgan fingerprint density at radius 2 is 1.47 bits per heavy atom. The van der Waals surface area contributed by atoms with Gasteiger partial charge in [0.2, 0.25) is 0 Å². The summed E-state index contributed by atoms with van der Waals surface area (Å²) in [4.78, 5) is 0. The average Bonchev–Trinajstić information content (AvgIpc) is 3.04. The molecule has 0 aliphatic heterocycles. The molecule has 0 radical (unpaired) electrons. The van der Waals surface area contributed by atoms with Crippen LogP contribution in [0.15, 0.2) is 0 Å². The van der Waals surface area contributed by atoms with Crippen LogP contribution in [0.2, 0.25) is 0 Å². The van der Waals surface area contributed by atoms with Gasteiger partial charge in [-0.15, -0.1) is 0 Å². The minimum atomic E-state index is -0.619. The maximum Gasteiger partial charge on any atom is 0.0622 e. The minimum absolute atomic E-state index is 0.00443. The van der Waals surface area contributed by atoms with Crippen molar-refractivity contribution in [1.29, 1.82) is 0 Å². The predicted octanol–water partition coefficient (Wildman–Crippen LogP) is 5.91. The van der Waals surface area contributed by atoms with Crippen LogP contribution in [0, 0.1) is 51.2 Å². The molecule has 5 rings (SSSR count). The van der Waals surface area contributed by atoms with Gasteiger partial charge < -0.3 is 15.9 Å². The van der Waals surface area contributed by atoms with Crippen LogP contribution in [0.3, 0.4) is 0 Å². The lowest BCUT2D eigenvalue weighted by atomic mass is 9.34. The fourth-order valence-corrected chi connectivity index (χ4v) is 11.4. The van der Waals surface area contributed by atoms with Crippen molar-refractivity contribution in [3.8, 4) is 0 Å². The van der Waals surface area contributed by atoms with Crippen molar-refractivity contribution in [1.82, 2.24) is 0 Å². The third-order valence-electron chi connectivity index (χ3n) is 13.2. The molecule has 5 aliphatic carbocycles. The van der Waals surface area contributed by atoms with E-state index in [1.165, 1.54) is 38.5 Å². The van der Waals surface area contributed by atoms with Crippen LogP contribution in [-0.4, -0.2) is 27.5 Å². The van der Waals surface area contributed by atoms with Gasteiger partial charge in [-0.3, -0.25) is 0 Å². The molecule has 0 heterocycles. The van der Waals surface area contributed by atoms with E-state index in [1.807, 2.05) is 13.8 Å². The zero-order chi connectivity index (χ0) is 23.5. The lowest BCUT2D eigenvalue weighted by Gasteiger charge is -2.72. The zero-order valence-corrected chi connectivity index (χ0v) is 22.0. The molecule has 5 aliphatic rings. The SMILES string of the molecule is CC1(C)C(O)CC[C@@]2(C)C1CC[C@]1(C)C2CCC2C3[C@H](C(C)(C)O)CC[C@]3(C)CC[C@]21N. The topological polar surface area (TPSA) is 66.5 Å². The Morgan fingerprint density at radius 3 is 2.12 bits per heavy atom. The van der Waals surface area contributed by atoms with Crippen LogP contribution in [0.5, 0.6) is 0 Å². The molecule has 4 N–H and O–H groups in total. The van der Waals surface area contributed by atoms with Crippen molar-refractivity contribution in [2.45, 2.75) is 130 Å². The standard InChI is InChI=1S/C29H51NO2/c1-24(2)20-11-15-28(7)21(27(20,6)14-12-22(24)31)9-8-19-23-18(25(3,4)32)10-13-26(23,5)16-17-29(19,28)30/h18-23,31-32H,8-17,30H2,1-7H3/t18-,19?,20?,21?,22?,23?,26-,27+,28-,29+/m1/s1. The summed E-state index contributed by atoms with van der Waals surface area (Å²) in [5.41, 5.74) is 7.76. The smallest absolute Gasteiger partial charge is 0.0622 e. The van der Waals surface area contributed by atoms with Crippen molar-refractivity contribution in [3.63, 3.8) is 0 Å². The van der Waals surface area contributed by atoms with Gasteiger partial charge in [0.15, 0.2) is 0 Å². The van der Waals surface area contributed by atoms with E-state index in [9.17, 15) is 10.2 Å². The molecule has 5 saturated carbocycles. The molecule has 0 spiro atoms. The summed E-state index contributed by atoms with van der Waals surface area (Å²) in [6.07, 6.45) is 11.6. The van der Waals surface area contributed by atoms with Gasteiger partial charge in [-0.1, -0.05) is 34.6 Å². The largest absolute Gasteiger partial charge is 0.393 e. The summed E-state index contributed by atoms with van der Waals surface area (Å²) in [5, 5.41) is 22.0. The van der Waals surface area contributed by atoms with Crippen LogP contribution >= 0.6 is 0 Å². The van der Waals surface area contributed by atoms with Crippen LogP contribution in [0.25, 0.3) is 0 Å². The molecule has 3 nitrogen and oxygen atoms in total. The Bertz CT molecular complexity index is 772. The van der Waals surface area contributed by atoms with E-state index >= 15 is 0 Å². The van der Waals surface area contributed by atoms with Gasteiger partial charge in [0.05, 0.1) is 11.7 Å². The summed E-state index contributed by atoms with van der Waals surface area (Å²) >= 11 is 0. The summed E-state index contributed by atoms with van der Waals surface area (Å²) < 4.78 is 0. The lowest BCUT2D eigenvalue weighted by molar-refractivity contribution is -0.226. The van der Waals surface area contributed by atoms with Crippen molar-refractivity contribution in [2.24, 2.45) is 57.0 Å². The molecule has 0 aromatic heterocycles. The van der Waals surface area contributed by atoms with Gasteiger partial charge in [-0.2, -0.15) is 0 Å². The summed E-state index contributed by atoms with van der Waals surface area (Å²) in [6, 6.07) is 0. The van der Waals surface area contributed by atoms with E-state index in [0.717, 1.165) is 25.7 Å². The molecule has 184 valence electrons. The molecule has 0 aromatic carbocycles. The van der Waals surface area contributed by atoms with Gasteiger partial charge >= 0.3 is 0 Å². The first-order valence-corrected chi connectivity index (χ1v) is 13.8. The normalized spacial score (nSPS) is 57.2. The molecule has 0 aromatic rings. The maximum atomic E-state index is 11.2. The number of aliphatic hydroxyl groups excluding tert-OH is 1. The minimum Gasteiger partial charge on any atom is -0.393 e. The molecule has 10 atom stereocenters. The third-order valence-corrected chi connectivity index (χ3v) is 13.2. The Hall–Kier alpha value is -0.120. The summed E-state index contributed by atoms with van der Waals surface area (Å²) in [7, 11) is 0. The molecule has 5 fully saturated rings. The predicted molar refractivity (Wildman–Crippen MR) is 131 cm³/mol. The second-order valence-electron chi connectivity index (χ2n) is 15.1. The van der Waals surface area contributed by atoms with Gasteiger partial charge in [0, 0.05) is 5.54 Å². The Labute approximate surface area is 197 Å². The maximum absolute atomic E-state index is 11.2. The second-order valence-corrected chi connectivity index (χ2v) is 15.1. The van der Waals surface area contributed by atoms with Crippen molar-refractivity contribution in [3.05, 3.63) is 0 Å². The average molecular weight is 446 g/mol. The fraction of sp³-hybridized carbons (Fsp3) is 1.00. The van der Waals surface area contributed by atoms with E-state index in [-0.39, 0.29) is 27.9 Å². The molecule has 0 saturated heterocycles. The molecule has 3 heteroatoms. The highest BCUT2D eigenvalue weighted by molar-refractivity contribution is 5.23. The van der Waals surface area contributed by atoms with Crippen LogP contribution in [0.1, 0.15) is 113 Å². The Balaban J connectivity index is 1.54. The van der Waals surface area contributed by atoms with Crippen molar-refractivity contribution >= 4 is 0 Å². The van der Waals surface area contributed by atoms with Crippen molar-refractivity contribution in [2.75, 3.05) is 0 Å². The van der Waals surface area contributed by atoms with E-state index < -0.39 is 5.60 Å². The highest BCUT2D eigenvalue weighted by Crippen LogP contribution is 2.74. The molecule has 32 heavy (non-hydrogen) atoms. The van der Waals surface area contributed by atoms with E-state index in [2.05, 4.69) is 34.6 Å². The molecular formula is C29H51NO2. The molecule has 0 amide bonds. The molecule has 5 unspecified atom stereocenters. The monoisotopic (exact) mass is 445 g/mol. The van der Waals surface area contributed by atoms with Crippen LogP contribution in [-0.2, 0) is 0 Å². The first-order valence-electron chi connectivity index (χ1n) is 13.8. The summed E-state index contributed by atoms with van der Waals surface area (Å²) in [6.45, 7) is 16.4. The highest BCUT2D eigenvalue weighted by Gasteiger charge is 2.71. The third kappa shape index (κ3) is 2.77. The Kier molecular flexibility index (Phi) is 4.99. The van der Waals surface area contributed by atoms with Gasteiger partial charge in [0.1, 0.15) is 0 Å². The first kappa shape index (κ1) is 23.6. The quantitative estimate of drug-likeness (QED) is 0.470. The molecular weight excluding hydrogens is 394 g/mol. The van der Waals surface area contributed by atoms with Crippen molar-refractivity contribution < 1.29 is 10.2 Å². The van der Waals surface area contributed by atoms with E-state index in [4.69, 9.17) is 5.73 Å². The highest BCUT2D eigenvalue weighted by atomic mass is 16.3.